The third-order valence-electron chi connectivity index (χ3n) is 14.9. The Bertz CT molecular complexity index is 1790. The van der Waals surface area contributed by atoms with Crippen LogP contribution >= 0.6 is 0 Å². The number of hydrogen-bond donors (Lipinski definition) is 3. The Kier molecular flexibility index (Phi) is 18.5. The Morgan fingerprint density at radius 3 is 2.27 bits per heavy atom. The highest BCUT2D eigenvalue weighted by Gasteiger charge is 2.57. The smallest absolute Gasteiger partial charge is 0.329 e. The van der Waals surface area contributed by atoms with Gasteiger partial charge in [-0.15, -0.1) is 0 Å². The van der Waals surface area contributed by atoms with E-state index in [2.05, 4.69) is 0 Å². The molecule has 14 nitrogen and oxygen atoms in total. The van der Waals surface area contributed by atoms with Crippen molar-refractivity contribution in [3.63, 3.8) is 0 Å². The standard InChI is InChI=1S/C50H75NO13/c1-28-14-11-10-12-15-29(2)40(60-7)26-35-19-17-33(6)50(59,64-35)47(56)48(57)51-21-13-16-36-37(24-34-18-20-38(52)42(25-34)61-8)41(63-49(58)43(36)51)27-39(53)30(3)23-32(5)45(55)46(62-9)44(54)31(4)22-28/h10-12,14-15,23,28,30-31,33-38,40-43,45-46,52,55,59H,13,16-22,24-27H2,1-9H3/b12-10+,14-11+,29-15+,32-23+/t28-,30-,31-,33-,34?,35+,36?,37+,38-,40+,41+,42-,43+,45-,46+,50-/m1/s1. The summed E-state index contributed by atoms with van der Waals surface area (Å²) in [6.45, 7) is 10.9. The highest BCUT2D eigenvalue weighted by atomic mass is 16.6. The van der Waals surface area contributed by atoms with Crippen LogP contribution in [0.25, 0.3) is 0 Å². The van der Waals surface area contributed by atoms with Crippen molar-refractivity contribution in [2.45, 2.75) is 167 Å². The van der Waals surface area contributed by atoms with Gasteiger partial charge in [-0.3, -0.25) is 19.2 Å². The molecule has 16 atom stereocenters. The van der Waals surface area contributed by atoms with E-state index in [9.17, 15) is 39.3 Å². The van der Waals surface area contributed by atoms with E-state index in [1.165, 1.54) is 12.0 Å². The molecular formula is C50H75NO13. The average Bonchev–Trinajstić information content (AvgIpc) is 3.27. The average molecular weight is 898 g/mol. The summed E-state index contributed by atoms with van der Waals surface area (Å²) in [5.41, 5.74) is 1.28. The quantitative estimate of drug-likeness (QED) is 0.181. The lowest BCUT2D eigenvalue weighted by molar-refractivity contribution is -0.266. The van der Waals surface area contributed by atoms with Gasteiger partial charge in [0.05, 0.1) is 24.4 Å². The molecule has 4 aliphatic heterocycles. The maximum atomic E-state index is 14.4. The zero-order valence-electron chi connectivity index (χ0n) is 39.5. The van der Waals surface area contributed by atoms with E-state index in [0.29, 0.717) is 69.8 Å². The molecule has 64 heavy (non-hydrogen) atoms. The molecule has 1 amide bonds. The Hall–Kier alpha value is -3.37. The van der Waals surface area contributed by atoms with Crippen molar-refractivity contribution in [2.75, 3.05) is 27.9 Å². The molecule has 3 saturated heterocycles. The second-order valence-electron chi connectivity index (χ2n) is 19.5. The van der Waals surface area contributed by atoms with Gasteiger partial charge in [-0.2, -0.15) is 0 Å². The first-order chi connectivity index (χ1) is 30.3. The molecule has 0 aromatic heterocycles. The van der Waals surface area contributed by atoms with Crippen molar-refractivity contribution < 1.29 is 63.0 Å². The highest BCUT2D eigenvalue weighted by Crippen LogP contribution is 2.45. The largest absolute Gasteiger partial charge is 0.460 e. The van der Waals surface area contributed by atoms with Crippen LogP contribution in [0.5, 0.6) is 0 Å². The molecule has 14 heteroatoms. The molecular weight excluding hydrogens is 823 g/mol. The molecule has 0 aromatic rings. The second-order valence-corrected chi connectivity index (χ2v) is 19.5. The molecule has 0 radical (unpaired) electrons. The number of rotatable bonds is 5. The van der Waals surface area contributed by atoms with Crippen molar-refractivity contribution in [2.24, 2.45) is 41.4 Å². The number of aliphatic hydroxyl groups is 3. The third-order valence-corrected chi connectivity index (χ3v) is 14.9. The summed E-state index contributed by atoms with van der Waals surface area (Å²) in [6.07, 6.45) is 10.8. The molecule has 1 saturated carbocycles. The number of Topliss-reactive ketones (excluding diaryl/α,β-unsaturated/α-hetero) is 3. The monoisotopic (exact) mass is 898 g/mol. The predicted molar refractivity (Wildman–Crippen MR) is 238 cm³/mol. The van der Waals surface area contributed by atoms with Gasteiger partial charge in [0.15, 0.2) is 5.78 Å². The van der Waals surface area contributed by atoms with Crippen LogP contribution in [0.4, 0.5) is 0 Å². The molecule has 358 valence electrons. The van der Waals surface area contributed by atoms with Crippen LogP contribution in [0.1, 0.15) is 112 Å². The normalized spacial score (nSPS) is 43.2. The number of ketones is 3. The second kappa shape index (κ2) is 22.9. The van der Waals surface area contributed by atoms with E-state index in [4.69, 9.17) is 23.7 Å². The van der Waals surface area contributed by atoms with Gasteiger partial charge in [-0.05, 0) is 101 Å². The van der Waals surface area contributed by atoms with E-state index in [-0.39, 0.29) is 42.5 Å². The lowest BCUT2D eigenvalue weighted by Crippen LogP contribution is -2.65. The number of ether oxygens (including phenoxy) is 5. The van der Waals surface area contributed by atoms with Crippen molar-refractivity contribution >= 4 is 29.2 Å². The van der Waals surface area contributed by atoms with Gasteiger partial charge in [0.25, 0.3) is 11.7 Å². The number of amides is 1. The Balaban J connectivity index is 1.51. The number of allylic oxidation sites excluding steroid dienone is 6. The van der Waals surface area contributed by atoms with Gasteiger partial charge in [0.2, 0.25) is 5.79 Å². The summed E-state index contributed by atoms with van der Waals surface area (Å²) < 4.78 is 29.4. The first-order valence-corrected chi connectivity index (χ1v) is 23.5. The van der Waals surface area contributed by atoms with Crippen molar-refractivity contribution in [3.05, 3.63) is 47.6 Å². The predicted octanol–water partition coefficient (Wildman–Crippen LogP) is 5.40. The van der Waals surface area contributed by atoms with Gasteiger partial charge < -0.3 is 43.9 Å². The molecule has 5 aliphatic rings. The number of esters is 1. The van der Waals surface area contributed by atoms with Crippen LogP contribution in [-0.4, -0.2) is 132 Å². The van der Waals surface area contributed by atoms with Crippen LogP contribution in [0.15, 0.2) is 47.6 Å². The lowest BCUT2D eigenvalue weighted by Gasteiger charge is -2.50. The first-order valence-electron chi connectivity index (χ1n) is 23.5. The summed E-state index contributed by atoms with van der Waals surface area (Å²) in [6, 6.07) is -1.12. The minimum atomic E-state index is -2.43. The van der Waals surface area contributed by atoms with E-state index in [0.717, 1.165) is 5.57 Å². The minimum Gasteiger partial charge on any atom is -0.460 e. The fraction of sp³-hybridized carbons (Fsp3) is 0.740. The number of piperidine rings is 1. The third kappa shape index (κ3) is 12.0. The van der Waals surface area contributed by atoms with Gasteiger partial charge in [-0.25, -0.2) is 4.79 Å². The molecule has 4 heterocycles. The number of hydrogen-bond acceptors (Lipinski definition) is 13. The topological polar surface area (TPSA) is 195 Å². The first kappa shape index (κ1) is 51.6. The Labute approximate surface area is 379 Å². The summed E-state index contributed by atoms with van der Waals surface area (Å²) in [7, 11) is 4.52. The van der Waals surface area contributed by atoms with Crippen LogP contribution in [0.2, 0.25) is 0 Å². The van der Waals surface area contributed by atoms with Crippen molar-refractivity contribution in [3.8, 4) is 0 Å². The van der Waals surface area contributed by atoms with Crippen LogP contribution < -0.4 is 0 Å². The summed E-state index contributed by atoms with van der Waals surface area (Å²) >= 11 is 0. The van der Waals surface area contributed by atoms with E-state index >= 15 is 0 Å². The minimum absolute atomic E-state index is 0.0231. The fourth-order valence-corrected chi connectivity index (χ4v) is 10.9. The van der Waals surface area contributed by atoms with Gasteiger partial charge in [0, 0.05) is 64.4 Å². The summed E-state index contributed by atoms with van der Waals surface area (Å²) in [5.74, 6) is -8.43. The van der Waals surface area contributed by atoms with Gasteiger partial charge in [-0.1, -0.05) is 64.2 Å². The van der Waals surface area contributed by atoms with E-state index < -0.39 is 95.7 Å². The number of nitrogens with zero attached hydrogens (tertiary/aromatic N) is 1. The number of carbonyl (C=O) groups is 5. The maximum Gasteiger partial charge on any atom is 0.329 e. The zero-order chi connectivity index (χ0) is 47.0. The molecule has 4 fully saturated rings. The van der Waals surface area contributed by atoms with E-state index in [1.54, 1.807) is 41.1 Å². The van der Waals surface area contributed by atoms with E-state index in [1.807, 2.05) is 51.2 Å². The number of fused-ring (bicyclic) bond motifs is 3. The van der Waals surface area contributed by atoms with Crippen LogP contribution in [-0.2, 0) is 47.7 Å². The molecule has 0 spiro atoms. The molecule has 5 rings (SSSR count). The molecule has 1 aliphatic carbocycles. The number of methoxy groups -OCH3 is 3. The SMILES string of the molecule is CO[C@H]1C[C@@H]2CC[C@@H](C)[C@@](O)(O2)C(=O)C(=O)N2CCCC3[C@H]2C(=O)O[C@@H](CC(=O)[C@H](C)/C=C(\C)[C@@H](O)[C@@H](OC)C(=O)[C@H](C)C[C@H](C)/C=C/C=C/C=C/1C)[C@H]3CC1CC[C@@H](O)[C@H](OC)C1. The maximum absolute atomic E-state index is 14.4. The Morgan fingerprint density at radius 2 is 1.58 bits per heavy atom. The molecule has 3 N–H and O–H groups in total. The van der Waals surface area contributed by atoms with Crippen LogP contribution in [0.3, 0.4) is 0 Å². The molecule has 6 bridgehead atoms. The Morgan fingerprint density at radius 1 is 0.844 bits per heavy atom. The molecule has 2 unspecified atom stereocenters. The van der Waals surface area contributed by atoms with Crippen LogP contribution in [0, 0.1) is 41.4 Å². The van der Waals surface area contributed by atoms with Crippen molar-refractivity contribution in [1.82, 2.24) is 4.90 Å². The number of aliphatic hydroxyl groups excluding tert-OH is 2. The fourth-order valence-electron chi connectivity index (χ4n) is 10.9. The summed E-state index contributed by atoms with van der Waals surface area (Å²) in [4.78, 5) is 72.0. The van der Waals surface area contributed by atoms with Gasteiger partial charge >= 0.3 is 5.97 Å². The van der Waals surface area contributed by atoms with Gasteiger partial charge in [0.1, 0.15) is 30.1 Å². The molecule has 0 aromatic carbocycles. The lowest BCUT2D eigenvalue weighted by atomic mass is 9.68. The number of carbonyl (C=O) groups excluding carboxylic acids is 5. The highest BCUT2D eigenvalue weighted by molar-refractivity contribution is 6.39. The summed E-state index contributed by atoms with van der Waals surface area (Å²) in [5, 5.41) is 34.1. The zero-order valence-corrected chi connectivity index (χ0v) is 39.5. The van der Waals surface area contributed by atoms with Crippen molar-refractivity contribution in [1.29, 1.82) is 0 Å².